The summed E-state index contributed by atoms with van der Waals surface area (Å²) in [6.45, 7) is 4.67. The molecule has 3 rings (SSSR count). The molecule has 2 atom stereocenters. The number of rotatable bonds is 7. The number of nitrogens with one attached hydrogen (secondary N) is 2. The Labute approximate surface area is 145 Å². The van der Waals surface area contributed by atoms with Gasteiger partial charge in [0.2, 0.25) is 0 Å². The van der Waals surface area contributed by atoms with Crippen LogP contribution in [0.1, 0.15) is 17.3 Å². The summed E-state index contributed by atoms with van der Waals surface area (Å²) in [5.74, 6) is 0.745. The van der Waals surface area contributed by atoms with E-state index >= 15 is 0 Å². The molecule has 1 aliphatic heterocycles. The predicted molar refractivity (Wildman–Crippen MR) is 92.1 cm³/mol. The van der Waals surface area contributed by atoms with Crippen LogP contribution in [-0.4, -0.2) is 41.4 Å². The van der Waals surface area contributed by atoms with Crippen LogP contribution in [0.2, 0.25) is 0 Å². The number of carbonyl (C=O) groups is 1. The molecule has 0 aliphatic carbocycles. The number of nitrogens with zero attached hydrogens (tertiary/aromatic N) is 2. The van der Waals surface area contributed by atoms with Crippen LogP contribution >= 0.6 is 0 Å². The Morgan fingerprint density at radius 1 is 1.60 bits per heavy atom. The van der Waals surface area contributed by atoms with Gasteiger partial charge in [-0.25, -0.2) is 9.07 Å². The predicted octanol–water partition coefficient (Wildman–Crippen LogP) is 1.22. The SMILES string of the molecule is C[C@@H](COc1cccc(F)c1)NC[C@@H]1CNc2c(C(N)=O)cnn2C1. The largest absolute Gasteiger partial charge is 0.492 e. The molecule has 0 unspecified atom stereocenters. The number of nitrogens with two attached hydrogens (primary N) is 1. The number of hydrogen-bond donors (Lipinski definition) is 3. The zero-order valence-corrected chi connectivity index (χ0v) is 14.0. The van der Waals surface area contributed by atoms with Gasteiger partial charge in [-0.05, 0) is 19.1 Å². The fraction of sp³-hybridized carbons (Fsp3) is 0.412. The van der Waals surface area contributed by atoms with Crippen molar-refractivity contribution in [1.29, 1.82) is 0 Å². The van der Waals surface area contributed by atoms with E-state index in [4.69, 9.17) is 10.5 Å². The fourth-order valence-electron chi connectivity index (χ4n) is 2.78. The number of hydrogen-bond acceptors (Lipinski definition) is 5. The maximum Gasteiger partial charge on any atom is 0.254 e. The summed E-state index contributed by atoms with van der Waals surface area (Å²) < 4.78 is 20.5. The zero-order chi connectivity index (χ0) is 17.8. The van der Waals surface area contributed by atoms with Crippen LogP contribution in [0.3, 0.4) is 0 Å². The molecule has 0 radical (unpaired) electrons. The second kappa shape index (κ2) is 7.52. The lowest BCUT2D eigenvalue weighted by Gasteiger charge is -2.27. The van der Waals surface area contributed by atoms with Gasteiger partial charge in [-0.2, -0.15) is 5.10 Å². The Hall–Kier alpha value is -2.61. The molecule has 2 aromatic rings. The van der Waals surface area contributed by atoms with Gasteiger partial charge in [0.05, 0.1) is 6.20 Å². The molecule has 25 heavy (non-hydrogen) atoms. The van der Waals surface area contributed by atoms with Crippen LogP contribution in [0.25, 0.3) is 0 Å². The summed E-state index contributed by atoms with van der Waals surface area (Å²) in [6.07, 6.45) is 1.50. The highest BCUT2D eigenvalue weighted by Gasteiger charge is 2.23. The highest BCUT2D eigenvalue weighted by atomic mass is 19.1. The topological polar surface area (TPSA) is 94.2 Å². The molecule has 7 nitrogen and oxygen atoms in total. The number of anilines is 1. The number of aromatic nitrogens is 2. The minimum Gasteiger partial charge on any atom is -0.492 e. The van der Waals surface area contributed by atoms with Crippen LogP contribution < -0.4 is 21.1 Å². The van der Waals surface area contributed by atoms with Crippen LogP contribution in [0.4, 0.5) is 10.2 Å². The molecule has 1 aromatic heterocycles. The number of primary amides is 1. The minimum atomic E-state index is -0.478. The van der Waals surface area contributed by atoms with E-state index in [0.29, 0.717) is 36.2 Å². The van der Waals surface area contributed by atoms with E-state index in [0.717, 1.165) is 13.1 Å². The molecular formula is C17H22FN5O2. The van der Waals surface area contributed by atoms with Crippen LogP contribution in [0, 0.1) is 11.7 Å². The smallest absolute Gasteiger partial charge is 0.254 e. The Morgan fingerprint density at radius 3 is 3.20 bits per heavy atom. The van der Waals surface area contributed by atoms with E-state index in [1.54, 1.807) is 16.8 Å². The summed E-state index contributed by atoms with van der Waals surface area (Å²) in [6, 6.07) is 6.23. The molecule has 2 heterocycles. The van der Waals surface area contributed by atoms with Gasteiger partial charge in [0.25, 0.3) is 5.91 Å². The lowest BCUT2D eigenvalue weighted by molar-refractivity contribution is 0.100. The van der Waals surface area contributed by atoms with Crippen LogP contribution in [0.15, 0.2) is 30.5 Å². The van der Waals surface area contributed by atoms with Gasteiger partial charge in [-0.15, -0.1) is 0 Å². The number of ether oxygens (including phenoxy) is 1. The third-order valence-corrected chi connectivity index (χ3v) is 4.15. The maximum absolute atomic E-state index is 13.1. The minimum absolute atomic E-state index is 0.114. The molecule has 1 amide bonds. The van der Waals surface area contributed by atoms with Crippen molar-refractivity contribution in [2.75, 3.05) is 25.0 Å². The van der Waals surface area contributed by atoms with Crippen molar-refractivity contribution in [3.05, 3.63) is 41.8 Å². The van der Waals surface area contributed by atoms with Gasteiger partial charge >= 0.3 is 0 Å². The average Bonchev–Trinajstić information content (AvgIpc) is 3.01. The van der Waals surface area contributed by atoms with Gasteiger partial charge in [0.1, 0.15) is 29.6 Å². The monoisotopic (exact) mass is 347 g/mol. The van der Waals surface area contributed by atoms with Crippen molar-refractivity contribution in [1.82, 2.24) is 15.1 Å². The number of benzene rings is 1. The Bertz CT molecular complexity index is 748. The number of fused-ring (bicyclic) bond motifs is 1. The summed E-state index contributed by atoms with van der Waals surface area (Å²) in [5.41, 5.74) is 5.74. The third kappa shape index (κ3) is 4.27. The van der Waals surface area contributed by atoms with E-state index in [-0.39, 0.29) is 11.9 Å². The van der Waals surface area contributed by atoms with Crippen molar-refractivity contribution in [2.45, 2.75) is 19.5 Å². The van der Waals surface area contributed by atoms with E-state index in [9.17, 15) is 9.18 Å². The van der Waals surface area contributed by atoms with E-state index in [1.807, 2.05) is 6.92 Å². The van der Waals surface area contributed by atoms with Crippen molar-refractivity contribution in [3.8, 4) is 5.75 Å². The van der Waals surface area contributed by atoms with Crippen LogP contribution in [-0.2, 0) is 6.54 Å². The summed E-state index contributed by atoms with van der Waals surface area (Å²) in [5, 5.41) is 10.8. The highest BCUT2D eigenvalue weighted by molar-refractivity contribution is 5.97. The van der Waals surface area contributed by atoms with Crippen molar-refractivity contribution in [3.63, 3.8) is 0 Å². The highest BCUT2D eigenvalue weighted by Crippen LogP contribution is 2.21. The van der Waals surface area contributed by atoms with E-state index < -0.39 is 5.91 Å². The second-order valence-electron chi connectivity index (χ2n) is 6.28. The standard InChI is InChI=1S/C17H22FN5O2/c1-11(10-25-14-4-2-3-13(18)5-14)20-6-12-7-21-17-15(16(19)24)8-22-23(17)9-12/h2-5,8,11-12,20-21H,6-7,9-10H2,1H3,(H2,19,24)/t11-,12+/m0/s1. The number of amides is 1. The van der Waals surface area contributed by atoms with E-state index in [2.05, 4.69) is 15.7 Å². The maximum atomic E-state index is 13.1. The summed E-state index contributed by atoms with van der Waals surface area (Å²) in [4.78, 5) is 11.3. The molecule has 0 fully saturated rings. The van der Waals surface area contributed by atoms with Crippen molar-refractivity contribution >= 4 is 11.7 Å². The number of carbonyl (C=O) groups excluding carboxylic acids is 1. The van der Waals surface area contributed by atoms with Gasteiger partial charge in [0, 0.05) is 37.7 Å². The van der Waals surface area contributed by atoms with Gasteiger partial charge < -0.3 is 21.1 Å². The second-order valence-corrected chi connectivity index (χ2v) is 6.28. The Morgan fingerprint density at radius 2 is 2.44 bits per heavy atom. The molecule has 8 heteroatoms. The number of halogens is 1. The Kier molecular flexibility index (Phi) is 5.18. The molecule has 4 N–H and O–H groups in total. The first-order valence-corrected chi connectivity index (χ1v) is 8.24. The van der Waals surface area contributed by atoms with Gasteiger partial charge in [-0.3, -0.25) is 4.79 Å². The first-order chi connectivity index (χ1) is 12.0. The lowest BCUT2D eigenvalue weighted by atomic mass is 10.1. The fourth-order valence-corrected chi connectivity index (χ4v) is 2.78. The average molecular weight is 347 g/mol. The van der Waals surface area contributed by atoms with Crippen molar-refractivity contribution in [2.24, 2.45) is 11.7 Å². The molecule has 1 aromatic carbocycles. The normalized spacial score (nSPS) is 17.4. The van der Waals surface area contributed by atoms with E-state index in [1.165, 1.54) is 18.3 Å². The quantitative estimate of drug-likeness (QED) is 0.700. The summed E-state index contributed by atoms with van der Waals surface area (Å²) in [7, 11) is 0. The Balaban J connectivity index is 1.45. The molecular weight excluding hydrogens is 325 g/mol. The van der Waals surface area contributed by atoms with Crippen LogP contribution in [0.5, 0.6) is 5.75 Å². The first kappa shape index (κ1) is 17.2. The third-order valence-electron chi connectivity index (χ3n) is 4.15. The van der Waals surface area contributed by atoms with Crippen molar-refractivity contribution < 1.29 is 13.9 Å². The molecule has 0 spiro atoms. The van der Waals surface area contributed by atoms with Gasteiger partial charge in [0.15, 0.2) is 0 Å². The lowest BCUT2D eigenvalue weighted by Crippen LogP contribution is -2.40. The van der Waals surface area contributed by atoms with Gasteiger partial charge in [-0.1, -0.05) is 6.07 Å². The summed E-state index contributed by atoms with van der Waals surface area (Å²) >= 11 is 0. The first-order valence-electron chi connectivity index (χ1n) is 8.24. The molecule has 1 aliphatic rings. The molecule has 134 valence electrons. The molecule has 0 bridgehead atoms. The molecule has 0 saturated carbocycles. The molecule has 0 saturated heterocycles. The zero-order valence-electron chi connectivity index (χ0n) is 14.0.